The second-order valence-corrected chi connectivity index (χ2v) is 3.99. The van der Waals surface area contributed by atoms with Crippen LogP contribution in [0.5, 0.6) is 0 Å². The van der Waals surface area contributed by atoms with E-state index in [-0.39, 0.29) is 0 Å². The van der Waals surface area contributed by atoms with Crippen molar-refractivity contribution in [2.24, 2.45) is 11.0 Å². The van der Waals surface area contributed by atoms with Crippen LogP contribution in [0, 0.1) is 5.92 Å². The monoisotopic (exact) mass is 211 g/mol. The topological polar surface area (TPSA) is 53.9 Å². The van der Waals surface area contributed by atoms with Gasteiger partial charge in [-0.2, -0.15) is 5.10 Å². The minimum absolute atomic E-state index is 0.381. The molecule has 5 nitrogen and oxygen atoms in total. The molecule has 0 aromatic heterocycles. The van der Waals surface area contributed by atoms with E-state index in [9.17, 15) is 4.79 Å². The van der Waals surface area contributed by atoms with Gasteiger partial charge < -0.3 is 4.74 Å². The standard InChI is InChI=1S/C10H17N3O2/c1-2-15-10(14)12-11-9-7-13-5-3-8(9)4-6-13/h8H,2-7H2,1H3,(H,12,14)/b11-9-. The fraction of sp³-hybridized carbons (Fsp3) is 0.800. The third-order valence-electron chi connectivity index (χ3n) is 3.01. The number of hydrazone groups is 1. The Morgan fingerprint density at radius 1 is 1.60 bits per heavy atom. The van der Waals surface area contributed by atoms with Crippen molar-refractivity contribution in [1.82, 2.24) is 10.3 Å². The normalized spacial score (nSPS) is 31.7. The first-order chi connectivity index (χ1) is 7.29. The first-order valence-electron chi connectivity index (χ1n) is 5.51. The summed E-state index contributed by atoms with van der Waals surface area (Å²) in [6, 6.07) is 0. The lowest BCUT2D eigenvalue weighted by Gasteiger charge is -2.39. The van der Waals surface area contributed by atoms with Gasteiger partial charge in [0.1, 0.15) is 0 Å². The number of hydrogen-bond donors (Lipinski definition) is 1. The van der Waals surface area contributed by atoms with Crippen LogP contribution in [0.25, 0.3) is 0 Å². The molecule has 0 spiro atoms. The van der Waals surface area contributed by atoms with Gasteiger partial charge in [-0.3, -0.25) is 4.90 Å². The molecule has 3 fully saturated rings. The van der Waals surface area contributed by atoms with Gasteiger partial charge in [0.25, 0.3) is 0 Å². The zero-order valence-electron chi connectivity index (χ0n) is 9.03. The van der Waals surface area contributed by atoms with E-state index < -0.39 is 6.09 Å². The Labute approximate surface area is 89.5 Å². The first-order valence-corrected chi connectivity index (χ1v) is 5.51. The average molecular weight is 211 g/mol. The van der Waals surface area contributed by atoms with Crippen LogP contribution in [-0.2, 0) is 4.74 Å². The van der Waals surface area contributed by atoms with Gasteiger partial charge in [0.2, 0.25) is 0 Å². The SMILES string of the molecule is CCOC(=O)N/N=C1/CN2CCC1CC2. The molecule has 1 N–H and O–H groups in total. The summed E-state index contributed by atoms with van der Waals surface area (Å²) in [6.45, 7) is 5.40. The lowest BCUT2D eigenvalue weighted by Crippen LogP contribution is -2.48. The molecule has 2 bridgehead atoms. The van der Waals surface area contributed by atoms with Crippen LogP contribution in [0.1, 0.15) is 19.8 Å². The van der Waals surface area contributed by atoms with Crippen molar-refractivity contribution < 1.29 is 9.53 Å². The Hall–Kier alpha value is -1.10. The van der Waals surface area contributed by atoms with Gasteiger partial charge in [0, 0.05) is 12.5 Å². The van der Waals surface area contributed by atoms with Gasteiger partial charge in [0.05, 0.1) is 12.3 Å². The quantitative estimate of drug-likeness (QED) is 0.688. The van der Waals surface area contributed by atoms with E-state index in [2.05, 4.69) is 15.4 Å². The molecular formula is C10H17N3O2. The van der Waals surface area contributed by atoms with E-state index in [1.807, 2.05) is 0 Å². The molecule has 0 saturated carbocycles. The summed E-state index contributed by atoms with van der Waals surface area (Å²) < 4.78 is 4.74. The van der Waals surface area contributed by atoms with Gasteiger partial charge in [-0.25, -0.2) is 10.2 Å². The number of nitrogens with one attached hydrogen (secondary N) is 1. The first kappa shape index (κ1) is 10.4. The van der Waals surface area contributed by atoms with Crippen molar-refractivity contribution in [3.05, 3.63) is 0 Å². The van der Waals surface area contributed by atoms with Crippen LogP contribution in [-0.4, -0.2) is 42.9 Å². The maximum absolute atomic E-state index is 11.0. The molecule has 3 heterocycles. The molecule has 3 aliphatic heterocycles. The summed E-state index contributed by atoms with van der Waals surface area (Å²) >= 11 is 0. The highest BCUT2D eigenvalue weighted by atomic mass is 16.5. The van der Waals surface area contributed by atoms with Gasteiger partial charge in [-0.05, 0) is 32.9 Å². The Balaban J connectivity index is 1.87. The van der Waals surface area contributed by atoms with Crippen LogP contribution in [0.15, 0.2) is 5.10 Å². The Morgan fingerprint density at radius 3 is 2.87 bits per heavy atom. The summed E-state index contributed by atoms with van der Waals surface area (Å²) in [5, 5.41) is 4.13. The summed E-state index contributed by atoms with van der Waals surface area (Å²) in [4.78, 5) is 13.4. The smallest absolute Gasteiger partial charge is 0.427 e. The van der Waals surface area contributed by atoms with Crippen molar-refractivity contribution in [3.63, 3.8) is 0 Å². The number of amides is 1. The third-order valence-corrected chi connectivity index (χ3v) is 3.01. The number of fused-ring (bicyclic) bond motifs is 3. The molecule has 15 heavy (non-hydrogen) atoms. The molecule has 5 heteroatoms. The number of hydrogen-bond acceptors (Lipinski definition) is 4. The predicted octanol–water partition coefficient (Wildman–Crippen LogP) is 0.814. The fourth-order valence-corrected chi connectivity index (χ4v) is 2.19. The highest BCUT2D eigenvalue weighted by Crippen LogP contribution is 2.24. The number of nitrogens with zero attached hydrogens (tertiary/aromatic N) is 2. The molecule has 0 aromatic rings. The molecule has 3 rings (SSSR count). The van der Waals surface area contributed by atoms with Crippen molar-refractivity contribution in [1.29, 1.82) is 0 Å². The van der Waals surface area contributed by atoms with Gasteiger partial charge in [0.15, 0.2) is 0 Å². The Morgan fingerprint density at radius 2 is 2.33 bits per heavy atom. The van der Waals surface area contributed by atoms with Gasteiger partial charge in [-0.15, -0.1) is 0 Å². The number of ether oxygens (including phenoxy) is 1. The molecule has 84 valence electrons. The molecule has 0 atom stereocenters. The van der Waals surface area contributed by atoms with Crippen LogP contribution in [0.3, 0.4) is 0 Å². The second-order valence-electron chi connectivity index (χ2n) is 3.99. The van der Waals surface area contributed by atoms with Crippen molar-refractivity contribution in [2.45, 2.75) is 19.8 Å². The van der Waals surface area contributed by atoms with Crippen LogP contribution in [0.2, 0.25) is 0 Å². The summed E-state index contributed by atoms with van der Waals surface area (Å²) in [5.41, 5.74) is 3.54. The van der Waals surface area contributed by atoms with E-state index in [0.717, 1.165) is 12.3 Å². The molecule has 3 saturated heterocycles. The van der Waals surface area contributed by atoms with Crippen molar-refractivity contribution in [3.8, 4) is 0 Å². The van der Waals surface area contributed by atoms with Gasteiger partial charge in [-0.1, -0.05) is 0 Å². The molecular weight excluding hydrogens is 194 g/mol. The Kier molecular flexibility index (Phi) is 3.20. The maximum atomic E-state index is 11.0. The third kappa shape index (κ3) is 2.47. The minimum atomic E-state index is -0.457. The lowest BCUT2D eigenvalue weighted by atomic mass is 9.87. The second kappa shape index (κ2) is 4.61. The summed E-state index contributed by atoms with van der Waals surface area (Å²) in [5.74, 6) is 0.567. The number of piperidine rings is 3. The number of carbonyl (C=O) groups is 1. The Bertz CT molecular complexity index is 270. The zero-order chi connectivity index (χ0) is 10.7. The molecule has 1 amide bonds. The van der Waals surface area contributed by atoms with Crippen LogP contribution in [0.4, 0.5) is 4.79 Å². The van der Waals surface area contributed by atoms with E-state index in [4.69, 9.17) is 4.74 Å². The van der Waals surface area contributed by atoms with Crippen molar-refractivity contribution in [2.75, 3.05) is 26.2 Å². The molecule has 0 unspecified atom stereocenters. The van der Waals surface area contributed by atoms with Crippen LogP contribution >= 0.6 is 0 Å². The van der Waals surface area contributed by atoms with E-state index in [1.165, 1.54) is 25.9 Å². The summed E-state index contributed by atoms with van der Waals surface area (Å²) in [7, 11) is 0. The summed E-state index contributed by atoms with van der Waals surface area (Å²) in [6.07, 6.45) is 1.88. The van der Waals surface area contributed by atoms with E-state index in [1.54, 1.807) is 6.92 Å². The highest BCUT2D eigenvalue weighted by Gasteiger charge is 2.30. The molecule has 3 aliphatic rings. The van der Waals surface area contributed by atoms with E-state index in [0.29, 0.717) is 12.5 Å². The number of rotatable bonds is 2. The fourth-order valence-electron chi connectivity index (χ4n) is 2.19. The predicted molar refractivity (Wildman–Crippen MR) is 56.8 cm³/mol. The molecule has 0 radical (unpaired) electrons. The number of carbonyl (C=O) groups excluding carboxylic acids is 1. The van der Waals surface area contributed by atoms with E-state index >= 15 is 0 Å². The lowest BCUT2D eigenvalue weighted by molar-refractivity contribution is 0.152. The molecule has 0 aliphatic carbocycles. The zero-order valence-corrected chi connectivity index (χ0v) is 9.03. The minimum Gasteiger partial charge on any atom is -0.449 e. The van der Waals surface area contributed by atoms with Crippen LogP contribution < -0.4 is 5.43 Å². The van der Waals surface area contributed by atoms with Gasteiger partial charge >= 0.3 is 6.09 Å². The molecule has 0 aromatic carbocycles. The largest absolute Gasteiger partial charge is 0.449 e. The van der Waals surface area contributed by atoms with Crippen molar-refractivity contribution >= 4 is 11.8 Å². The highest BCUT2D eigenvalue weighted by molar-refractivity contribution is 5.90. The average Bonchev–Trinajstić information content (AvgIpc) is 2.28. The maximum Gasteiger partial charge on any atom is 0.427 e.